The molecule has 1 amide bonds. The van der Waals surface area contributed by atoms with Gasteiger partial charge in [0, 0.05) is 26.2 Å². The Kier molecular flexibility index (Phi) is 6.87. The van der Waals surface area contributed by atoms with E-state index in [0.717, 1.165) is 0 Å². The maximum absolute atomic E-state index is 13.0. The Balaban J connectivity index is 2.41. The Bertz CT molecular complexity index is 959. The van der Waals surface area contributed by atoms with Crippen LogP contribution in [0.15, 0.2) is 41.3 Å². The van der Waals surface area contributed by atoms with Crippen molar-refractivity contribution in [1.29, 1.82) is 0 Å². The van der Waals surface area contributed by atoms with Crippen molar-refractivity contribution in [2.45, 2.75) is 11.4 Å². The normalized spacial score (nSPS) is 11.2. The predicted molar refractivity (Wildman–Crippen MR) is 105 cm³/mol. The zero-order chi connectivity index (χ0) is 20.9. The summed E-state index contributed by atoms with van der Waals surface area (Å²) in [6, 6.07) is 9.32. The molecular formula is C19H24N2O6S. The van der Waals surface area contributed by atoms with E-state index in [0.29, 0.717) is 17.1 Å². The van der Waals surface area contributed by atoms with Gasteiger partial charge in [0.2, 0.25) is 10.0 Å². The standard InChI is InChI=1S/C19H24N2O6S/c1-20-19(22)16-11-15(7-9-18(16)27-5)28(23,24)21(2)12-13-10-14(25-3)6-8-17(13)26-4/h6-11H,12H2,1-5H3,(H,20,22). The summed E-state index contributed by atoms with van der Waals surface area (Å²) < 4.78 is 42.9. The molecule has 28 heavy (non-hydrogen) atoms. The third-order valence-electron chi connectivity index (χ3n) is 4.23. The number of carbonyl (C=O) groups is 1. The highest BCUT2D eigenvalue weighted by Gasteiger charge is 2.25. The molecule has 0 aliphatic carbocycles. The minimum Gasteiger partial charge on any atom is -0.497 e. The third-order valence-corrected chi connectivity index (χ3v) is 6.03. The van der Waals surface area contributed by atoms with Crippen molar-refractivity contribution in [2.24, 2.45) is 0 Å². The Morgan fingerprint density at radius 3 is 2.21 bits per heavy atom. The summed E-state index contributed by atoms with van der Waals surface area (Å²) in [5.41, 5.74) is 0.784. The molecule has 0 unspecified atom stereocenters. The first-order valence-corrected chi connectivity index (χ1v) is 9.79. The van der Waals surface area contributed by atoms with E-state index >= 15 is 0 Å². The number of nitrogens with zero attached hydrogens (tertiary/aromatic N) is 1. The van der Waals surface area contributed by atoms with E-state index in [1.54, 1.807) is 18.2 Å². The van der Waals surface area contributed by atoms with Gasteiger partial charge in [-0.1, -0.05) is 0 Å². The molecule has 1 N–H and O–H groups in total. The molecule has 0 fully saturated rings. The fourth-order valence-corrected chi connectivity index (χ4v) is 3.85. The van der Waals surface area contributed by atoms with Crippen LogP contribution >= 0.6 is 0 Å². The second-order valence-corrected chi connectivity index (χ2v) is 7.92. The van der Waals surface area contributed by atoms with Gasteiger partial charge < -0.3 is 19.5 Å². The Morgan fingerprint density at radius 1 is 1.00 bits per heavy atom. The van der Waals surface area contributed by atoms with Crippen molar-refractivity contribution in [3.63, 3.8) is 0 Å². The molecule has 9 heteroatoms. The highest BCUT2D eigenvalue weighted by molar-refractivity contribution is 7.89. The number of carbonyl (C=O) groups excluding carboxylic acids is 1. The summed E-state index contributed by atoms with van der Waals surface area (Å²) >= 11 is 0. The van der Waals surface area contributed by atoms with E-state index in [9.17, 15) is 13.2 Å². The first-order valence-electron chi connectivity index (χ1n) is 8.35. The van der Waals surface area contributed by atoms with Crippen LogP contribution in [0.5, 0.6) is 17.2 Å². The number of hydrogen-bond acceptors (Lipinski definition) is 6. The molecule has 0 aromatic heterocycles. The summed E-state index contributed by atoms with van der Waals surface area (Å²) in [6.45, 7) is 0.0596. The summed E-state index contributed by atoms with van der Waals surface area (Å²) in [6.07, 6.45) is 0. The second-order valence-electron chi connectivity index (χ2n) is 5.88. The van der Waals surface area contributed by atoms with Crippen LogP contribution < -0.4 is 19.5 Å². The predicted octanol–water partition coefficient (Wildman–Crippen LogP) is 1.89. The van der Waals surface area contributed by atoms with Crippen LogP contribution in [-0.4, -0.2) is 54.1 Å². The van der Waals surface area contributed by atoms with Gasteiger partial charge in [-0.25, -0.2) is 8.42 Å². The summed E-state index contributed by atoms with van der Waals surface area (Å²) in [4.78, 5) is 12.0. The highest BCUT2D eigenvalue weighted by atomic mass is 32.2. The molecule has 0 heterocycles. The Labute approximate surface area is 165 Å². The van der Waals surface area contributed by atoms with Crippen molar-refractivity contribution in [1.82, 2.24) is 9.62 Å². The number of ether oxygens (including phenoxy) is 3. The number of benzene rings is 2. The average molecular weight is 408 g/mol. The lowest BCUT2D eigenvalue weighted by atomic mass is 10.2. The third kappa shape index (κ3) is 4.37. The number of hydrogen-bond donors (Lipinski definition) is 1. The van der Waals surface area contributed by atoms with Gasteiger partial charge in [-0.2, -0.15) is 4.31 Å². The molecule has 0 saturated carbocycles. The molecule has 0 saturated heterocycles. The smallest absolute Gasteiger partial charge is 0.254 e. The highest BCUT2D eigenvalue weighted by Crippen LogP contribution is 2.28. The van der Waals surface area contributed by atoms with Crippen molar-refractivity contribution < 1.29 is 27.4 Å². The first kappa shape index (κ1) is 21.5. The molecular weight excluding hydrogens is 384 g/mol. The Hall–Kier alpha value is -2.78. The van der Waals surface area contributed by atoms with Crippen LogP contribution in [0, 0.1) is 0 Å². The first-order chi connectivity index (χ1) is 13.3. The van der Waals surface area contributed by atoms with E-state index in [1.807, 2.05) is 0 Å². The number of methoxy groups -OCH3 is 3. The van der Waals surface area contributed by atoms with Gasteiger partial charge in [-0.15, -0.1) is 0 Å². The Morgan fingerprint density at radius 2 is 1.64 bits per heavy atom. The molecule has 8 nitrogen and oxygen atoms in total. The minimum atomic E-state index is -3.87. The van der Waals surface area contributed by atoms with Crippen molar-refractivity contribution in [3.8, 4) is 17.2 Å². The molecule has 2 aromatic rings. The largest absolute Gasteiger partial charge is 0.497 e. The number of amides is 1. The molecule has 0 spiro atoms. The summed E-state index contributed by atoms with van der Waals surface area (Å²) in [5.74, 6) is 0.984. The van der Waals surface area contributed by atoms with Crippen LogP contribution in [-0.2, 0) is 16.6 Å². The van der Waals surface area contributed by atoms with E-state index < -0.39 is 15.9 Å². The van der Waals surface area contributed by atoms with E-state index in [2.05, 4.69) is 5.32 Å². The van der Waals surface area contributed by atoms with Crippen molar-refractivity contribution in [3.05, 3.63) is 47.5 Å². The number of sulfonamides is 1. The quantitative estimate of drug-likeness (QED) is 0.717. The van der Waals surface area contributed by atoms with Crippen molar-refractivity contribution in [2.75, 3.05) is 35.4 Å². The fourth-order valence-electron chi connectivity index (χ4n) is 2.67. The summed E-state index contributed by atoms with van der Waals surface area (Å²) in [5, 5.41) is 2.47. The zero-order valence-electron chi connectivity index (χ0n) is 16.5. The molecule has 0 aliphatic rings. The van der Waals surface area contributed by atoms with E-state index in [-0.39, 0.29) is 22.8 Å². The van der Waals surface area contributed by atoms with Gasteiger partial charge in [-0.05, 0) is 36.4 Å². The molecule has 2 aromatic carbocycles. The van der Waals surface area contributed by atoms with Gasteiger partial charge in [0.1, 0.15) is 17.2 Å². The lowest BCUT2D eigenvalue weighted by molar-refractivity contribution is 0.0960. The molecule has 0 atom stereocenters. The molecule has 0 radical (unpaired) electrons. The topological polar surface area (TPSA) is 94.2 Å². The lowest BCUT2D eigenvalue weighted by Gasteiger charge is -2.20. The van der Waals surface area contributed by atoms with Gasteiger partial charge in [-0.3, -0.25) is 4.79 Å². The van der Waals surface area contributed by atoms with Crippen LogP contribution in [0.1, 0.15) is 15.9 Å². The van der Waals surface area contributed by atoms with Crippen molar-refractivity contribution >= 4 is 15.9 Å². The van der Waals surface area contributed by atoms with Gasteiger partial charge in [0.25, 0.3) is 5.91 Å². The maximum Gasteiger partial charge on any atom is 0.254 e. The maximum atomic E-state index is 13.0. The number of rotatable bonds is 8. The fraction of sp³-hybridized carbons (Fsp3) is 0.316. The van der Waals surface area contributed by atoms with E-state index in [4.69, 9.17) is 14.2 Å². The molecule has 2 rings (SSSR count). The van der Waals surface area contributed by atoms with Gasteiger partial charge >= 0.3 is 0 Å². The molecule has 0 bridgehead atoms. The number of nitrogens with one attached hydrogen (secondary N) is 1. The van der Waals surface area contributed by atoms with Gasteiger partial charge in [0.05, 0.1) is 31.8 Å². The summed E-state index contributed by atoms with van der Waals surface area (Å²) in [7, 11) is 3.51. The minimum absolute atomic E-state index is 0.0173. The van der Waals surface area contributed by atoms with Crippen LogP contribution in [0.2, 0.25) is 0 Å². The molecule has 152 valence electrons. The van der Waals surface area contributed by atoms with E-state index in [1.165, 1.54) is 57.9 Å². The second kappa shape index (κ2) is 8.94. The van der Waals surface area contributed by atoms with Crippen LogP contribution in [0.3, 0.4) is 0 Å². The monoisotopic (exact) mass is 408 g/mol. The zero-order valence-corrected chi connectivity index (χ0v) is 17.3. The van der Waals surface area contributed by atoms with Crippen LogP contribution in [0.25, 0.3) is 0 Å². The average Bonchev–Trinajstić information content (AvgIpc) is 2.72. The van der Waals surface area contributed by atoms with Crippen LogP contribution in [0.4, 0.5) is 0 Å². The van der Waals surface area contributed by atoms with Gasteiger partial charge in [0.15, 0.2) is 0 Å². The SMILES string of the molecule is CNC(=O)c1cc(S(=O)(=O)N(C)Cc2cc(OC)ccc2OC)ccc1OC. The molecule has 0 aliphatic heterocycles. The lowest BCUT2D eigenvalue weighted by Crippen LogP contribution is -2.27.